The summed E-state index contributed by atoms with van der Waals surface area (Å²) in [4.78, 5) is 15.5. The molecule has 1 unspecified atom stereocenters. The Kier molecular flexibility index (Phi) is 4.18. The van der Waals surface area contributed by atoms with E-state index in [1.54, 1.807) is 18.3 Å². The minimum atomic E-state index is -0.429. The van der Waals surface area contributed by atoms with Crippen molar-refractivity contribution in [3.05, 3.63) is 23.9 Å². The van der Waals surface area contributed by atoms with Gasteiger partial charge in [0.05, 0.1) is 5.56 Å². The van der Waals surface area contributed by atoms with Crippen molar-refractivity contribution < 1.29 is 4.79 Å². The van der Waals surface area contributed by atoms with Crippen LogP contribution in [0.3, 0.4) is 0 Å². The summed E-state index contributed by atoms with van der Waals surface area (Å²) >= 11 is 0. The maximum Gasteiger partial charge on any atom is 0.252 e. The summed E-state index contributed by atoms with van der Waals surface area (Å²) in [6, 6.07) is 3.78. The molecule has 98 valence electrons. The van der Waals surface area contributed by atoms with Crippen molar-refractivity contribution in [3.8, 4) is 0 Å². The number of nitrogens with one attached hydrogen (secondary N) is 1. The van der Waals surface area contributed by atoms with Crippen LogP contribution in [0.25, 0.3) is 0 Å². The number of rotatable bonds is 4. The maximum atomic E-state index is 11.3. The lowest BCUT2D eigenvalue weighted by Gasteiger charge is -2.29. The second kappa shape index (κ2) is 5.85. The molecule has 1 amide bonds. The number of nitrogens with two attached hydrogens (primary N) is 1. The van der Waals surface area contributed by atoms with Gasteiger partial charge < -0.3 is 11.1 Å². The molecule has 18 heavy (non-hydrogen) atoms. The SMILES string of the molecule is CC(Nc1ncccc1C(N)=O)C1CCCCC1. The van der Waals surface area contributed by atoms with Gasteiger partial charge in [-0.3, -0.25) is 4.79 Å². The van der Waals surface area contributed by atoms with E-state index in [1.807, 2.05) is 0 Å². The van der Waals surface area contributed by atoms with E-state index < -0.39 is 5.91 Å². The number of nitrogens with zero attached hydrogens (tertiary/aromatic N) is 1. The molecular formula is C14H21N3O. The zero-order chi connectivity index (χ0) is 13.0. The van der Waals surface area contributed by atoms with Gasteiger partial charge in [-0.15, -0.1) is 0 Å². The summed E-state index contributed by atoms with van der Waals surface area (Å²) in [7, 11) is 0. The summed E-state index contributed by atoms with van der Waals surface area (Å²) in [6.07, 6.45) is 8.16. The highest BCUT2D eigenvalue weighted by Crippen LogP contribution is 2.28. The van der Waals surface area contributed by atoms with Crippen LogP contribution in [-0.4, -0.2) is 16.9 Å². The highest BCUT2D eigenvalue weighted by Gasteiger charge is 2.21. The molecule has 1 aliphatic carbocycles. The molecule has 4 heteroatoms. The predicted molar refractivity (Wildman–Crippen MR) is 72.4 cm³/mol. The molecule has 0 aliphatic heterocycles. The molecule has 1 heterocycles. The zero-order valence-corrected chi connectivity index (χ0v) is 10.9. The predicted octanol–water partition coefficient (Wildman–Crippen LogP) is 2.56. The number of aromatic nitrogens is 1. The first kappa shape index (κ1) is 12.9. The van der Waals surface area contributed by atoms with E-state index in [0.29, 0.717) is 23.3 Å². The number of hydrogen-bond acceptors (Lipinski definition) is 3. The van der Waals surface area contributed by atoms with E-state index >= 15 is 0 Å². The fraction of sp³-hybridized carbons (Fsp3) is 0.571. The van der Waals surface area contributed by atoms with Gasteiger partial charge in [0.1, 0.15) is 5.82 Å². The van der Waals surface area contributed by atoms with Crippen LogP contribution in [0.5, 0.6) is 0 Å². The second-order valence-corrected chi connectivity index (χ2v) is 5.09. The van der Waals surface area contributed by atoms with Gasteiger partial charge in [0, 0.05) is 12.2 Å². The summed E-state index contributed by atoms with van der Waals surface area (Å²) < 4.78 is 0. The molecule has 1 aliphatic rings. The molecule has 1 fully saturated rings. The Morgan fingerprint density at radius 2 is 2.17 bits per heavy atom. The van der Waals surface area contributed by atoms with Crippen LogP contribution < -0.4 is 11.1 Å². The largest absolute Gasteiger partial charge is 0.367 e. The number of pyridine rings is 1. The Hall–Kier alpha value is -1.58. The first-order valence-electron chi connectivity index (χ1n) is 6.70. The van der Waals surface area contributed by atoms with Crippen LogP contribution in [0.1, 0.15) is 49.4 Å². The van der Waals surface area contributed by atoms with Crippen LogP contribution in [0.15, 0.2) is 18.3 Å². The molecule has 1 aromatic rings. The Morgan fingerprint density at radius 3 is 2.83 bits per heavy atom. The molecule has 1 aromatic heterocycles. The lowest BCUT2D eigenvalue weighted by molar-refractivity contribution is 0.100. The second-order valence-electron chi connectivity index (χ2n) is 5.09. The molecule has 0 aromatic carbocycles. The Morgan fingerprint density at radius 1 is 1.44 bits per heavy atom. The number of anilines is 1. The normalized spacial score (nSPS) is 18.3. The number of hydrogen-bond donors (Lipinski definition) is 2. The van der Waals surface area contributed by atoms with Gasteiger partial charge in [-0.25, -0.2) is 4.98 Å². The Bertz CT molecular complexity index is 413. The average Bonchev–Trinajstić information content (AvgIpc) is 2.40. The minimum absolute atomic E-state index is 0.332. The van der Waals surface area contributed by atoms with Gasteiger partial charge in [0.2, 0.25) is 0 Å². The van der Waals surface area contributed by atoms with Gasteiger partial charge in [-0.05, 0) is 37.8 Å². The van der Waals surface area contributed by atoms with Gasteiger partial charge >= 0.3 is 0 Å². The quantitative estimate of drug-likeness (QED) is 0.859. The molecule has 0 radical (unpaired) electrons. The fourth-order valence-electron chi connectivity index (χ4n) is 2.69. The standard InChI is InChI=1S/C14H21N3O/c1-10(11-6-3-2-4-7-11)17-14-12(13(15)18)8-5-9-16-14/h5,8-11H,2-4,6-7H2,1H3,(H2,15,18)(H,16,17). The fourth-order valence-corrected chi connectivity index (χ4v) is 2.69. The van der Waals surface area contributed by atoms with Crippen LogP contribution in [0.4, 0.5) is 5.82 Å². The maximum absolute atomic E-state index is 11.3. The highest BCUT2D eigenvalue weighted by molar-refractivity contribution is 5.97. The van der Waals surface area contributed by atoms with E-state index in [-0.39, 0.29) is 0 Å². The minimum Gasteiger partial charge on any atom is -0.367 e. The first-order valence-corrected chi connectivity index (χ1v) is 6.70. The molecule has 0 bridgehead atoms. The van der Waals surface area contributed by atoms with Crippen molar-refractivity contribution in [1.29, 1.82) is 0 Å². The first-order chi connectivity index (χ1) is 8.68. The van der Waals surface area contributed by atoms with Gasteiger partial charge in [0.15, 0.2) is 0 Å². The van der Waals surface area contributed by atoms with Crippen molar-refractivity contribution in [3.63, 3.8) is 0 Å². The van der Waals surface area contributed by atoms with E-state index in [9.17, 15) is 4.79 Å². The Labute approximate surface area is 108 Å². The number of carbonyl (C=O) groups is 1. The molecule has 3 N–H and O–H groups in total. The van der Waals surface area contributed by atoms with Gasteiger partial charge in [-0.1, -0.05) is 19.3 Å². The number of primary amides is 1. The van der Waals surface area contributed by atoms with E-state index in [2.05, 4.69) is 17.2 Å². The molecule has 4 nitrogen and oxygen atoms in total. The molecular weight excluding hydrogens is 226 g/mol. The van der Waals surface area contributed by atoms with Crippen LogP contribution in [0.2, 0.25) is 0 Å². The molecule has 0 saturated heterocycles. The van der Waals surface area contributed by atoms with E-state index in [1.165, 1.54) is 32.1 Å². The summed E-state index contributed by atoms with van der Waals surface area (Å²) in [6.45, 7) is 2.16. The molecule has 0 spiro atoms. The zero-order valence-electron chi connectivity index (χ0n) is 10.9. The third kappa shape index (κ3) is 3.00. The Balaban J connectivity index is 2.06. The smallest absolute Gasteiger partial charge is 0.252 e. The van der Waals surface area contributed by atoms with Crippen LogP contribution in [-0.2, 0) is 0 Å². The van der Waals surface area contributed by atoms with Crippen molar-refractivity contribution in [2.45, 2.75) is 45.1 Å². The van der Waals surface area contributed by atoms with Crippen LogP contribution in [0, 0.1) is 5.92 Å². The third-order valence-electron chi connectivity index (χ3n) is 3.79. The summed E-state index contributed by atoms with van der Waals surface area (Å²) in [5.74, 6) is 0.853. The summed E-state index contributed by atoms with van der Waals surface area (Å²) in [5, 5.41) is 3.35. The highest BCUT2D eigenvalue weighted by atomic mass is 16.1. The van der Waals surface area contributed by atoms with E-state index in [0.717, 1.165) is 0 Å². The van der Waals surface area contributed by atoms with Crippen molar-refractivity contribution in [2.24, 2.45) is 11.7 Å². The topological polar surface area (TPSA) is 68.0 Å². The molecule has 1 saturated carbocycles. The molecule has 2 rings (SSSR count). The lowest BCUT2D eigenvalue weighted by Crippen LogP contribution is -2.29. The summed E-state index contributed by atoms with van der Waals surface area (Å²) in [5.41, 5.74) is 5.82. The van der Waals surface area contributed by atoms with Crippen molar-refractivity contribution in [2.75, 3.05) is 5.32 Å². The van der Waals surface area contributed by atoms with E-state index in [4.69, 9.17) is 5.73 Å². The van der Waals surface area contributed by atoms with Gasteiger partial charge in [0.25, 0.3) is 5.91 Å². The van der Waals surface area contributed by atoms with Crippen LogP contribution >= 0.6 is 0 Å². The van der Waals surface area contributed by atoms with Gasteiger partial charge in [-0.2, -0.15) is 0 Å². The monoisotopic (exact) mass is 247 g/mol. The van der Waals surface area contributed by atoms with Crippen molar-refractivity contribution >= 4 is 11.7 Å². The number of amides is 1. The lowest BCUT2D eigenvalue weighted by atomic mass is 9.84. The number of carbonyl (C=O) groups excluding carboxylic acids is 1. The molecule has 1 atom stereocenters. The third-order valence-corrected chi connectivity index (χ3v) is 3.79. The van der Waals surface area contributed by atoms with Crippen molar-refractivity contribution in [1.82, 2.24) is 4.98 Å². The average molecular weight is 247 g/mol.